The van der Waals surface area contributed by atoms with Gasteiger partial charge in [0.05, 0.1) is 11.6 Å². The van der Waals surface area contributed by atoms with Crippen molar-refractivity contribution in [2.24, 2.45) is 0 Å². The van der Waals surface area contributed by atoms with E-state index in [4.69, 9.17) is 5.26 Å². The van der Waals surface area contributed by atoms with E-state index in [1.54, 1.807) is 55.5 Å². The second-order valence-corrected chi connectivity index (χ2v) is 5.19. The summed E-state index contributed by atoms with van der Waals surface area (Å²) in [5.74, 6) is -0.432. The lowest BCUT2D eigenvalue weighted by molar-refractivity contribution is -0.116. The summed E-state index contributed by atoms with van der Waals surface area (Å²) in [6.45, 7) is 1.77. The van der Waals surface area contributed by atoms with Crippen LogP contribution in [0.25, 0.3) is 0 Å². The van der Waals surface area contributed by atoms with Crippen LogP contribution in [-0.2, 0) is 4.79 Å². The number of nitrogens with one attached hydrogen (secondary N) is 2. The first kappa shape index (κ1) is 16.2. The number of benzene rings is 2. The zero-order chi connectivity index (χ0) is 16.7. The summed E-state index contributed by atoms with van der Waals surface area (Å²) < 4.78 is 0. The van der Waals surface area contributed by atoms with Gasteiger partial charge in [-0.3, -0.25) is 9.59 Å². The fraction of sp³-hybridized carbons (Fsp3) is 0.167. The van der Waals surface area contributed by atoms with Gasteiger partial charge in [0.25, 0.3) is 5.91 Å². The molecule has 0 aliphatic rings. The van der Waals surface area contributed by atoms with Crippen LogP contribution in [0.5, 0.6) is 0 Å². The van der Waals surface area contributed by atoms with Gasteiger partial charge in [-0.15, -0.1) is 0 Å². The molecular weight excluding hydrogens is 290 g/mol. The number of amides is 2. The largest absolute Gasteiger partial charge is 0.349 e. The highest BCUT2D eigenvalue weighted by molar-refractivity contribution is 5.95. The Morgan fingerprint density at radius 2 is 1.87 bits per heavy atom. The van der Waals surface area contributed by atoms with Crippen LogP contribution in [0.15, 0.2) is 54.6 Å². The Morgan fingerprint density at radius 3 is 2.57 bits per heavy atom. The van der Waals surface area contributed by atoms with Crippen molar-refractivity contribution < 1.29 is 9.59 Å². The molecule has 2 rings (SSSR count). The molecule has 5 nitrogen and oxygen atoms in total. The van der Waals surface area contributed by atoms with Crippen molar-refractivity contribution in [1.29, 1.82) is 5.26 Å². The van der Waals surface area contributed by atoms with Crippen LogP contribution in [0.4, 0.5) is 5.69 Å². The van der Waals surface area contributed by atoms with E-state index < -0.39 is 0 Å². The topological polar surface area (TPSA) is 82.0 Å². The number of carbonyl (C=O) groups is 2. The summed E-state index contributed by atoms with van der Waals surface area (Å²) in [4.78, 5) is 24.0. The first-order chi connectivity index (χ1) is 11.1. The third-order valence-corrected chi connectivity index (χ3v) is 3.18. The number of anilines is 1. The summed E-state index contributed by atoms with van der Waals surface area (Å²) >= 11 is 0. The first-order valence-electron chi connectivity index (χ1n) is 7.24. The molecule has 23 heavy (non-hydrogen) atoms. The number of carbonyl (C=O) groups excluding carboxylic acids is 2. The molecule has 2 N–H and O–H groups in total. The average molecular weight is 307 g/mol. The number of rotatable bonds is 5. The van der Waals surface area contributed by atoms with E-state index in [2.05, 4.69) is 10.6 Å². The minimum absolute atomic E-state index is 0.148. The van der Waals surface area contributed by atoms with Gasteiger partial charge >= 0.3 is 0 Å². The smallest absolute Gasteiger partial charge is 0.251 e. The maximum atomic E-state index is 12.0. The van der Waals surface area contributed by atoms with Crippen molar-refractivity contribution in [2.75, 3.05) is 5.32 Å². The Kier molecular flexibility index (Phi) is 5.48. The molecule has 2 aromatic rings. The lowest BCUT2D eigenvalue weighted by atomic mass is 10.1. The number of hydrogen-bond donors (Lipinski definition) is 2. The quantitative estimate of drug-likeness (QED) is 0.891. The SMILES string of the molecule is C[C@H](CC(=O)Nc1cccc(C#N)c1)NC(=O)c1ccccc1. The molecule has 116 valence electrons. The second kappa shape index (κ2) is 7.76. The second-order valence-electron chi connectivity index (χ2n) is 5.19. The van der Waals surface area contributed by atoms with E-state index in [1.165, 1.54) is 0 Å². The molecule has 0 aliphatic heterocycles. The van der Waals surface area contributed by atoms with Crippen LogP contribution in [-0.4, -0.2) is 17.9 Å². The molecule has 2 aromatic carbocycles. The van der Waals surface area contributed by atoms with Gasteiger partial charge in [-0.2, -0.15) is 5.26 Å². The zero-order valence-electron chi connectivity index (χ0n) is 12.7. The minimum atomic E-state index is -0.304. The highest BCUT2D eigenvalue weighted by Crippen LogP contribution is 2.10. The molecule has 0 spiro atoms. The Hall–Kier alpha value is -3.13. The van der Waals surface area contributed by atoms with E-state index >= 15 is 0 Å². The van der Waals surface area contributed by atoms with Crippen LogP contribution in [0.1, 0.15) is 29.3 Å². The van der Waals surface area contributed by atoms with Gasteiger partial charge in [0, 0.05) is 23.7 Å². The maximum absolute atomic E-state index is 12.0. The van der Waals surface area contributed by atoms with Gasteiger partial charge in [0.2, 0.25) is 5.91 Å². The van der Waals surface area contributed by atoms with E-state index in [1.807, 2.05) is 12.1 Å². The van der Waals surface area contributed by atoms with E-state index in [0.717, 1.165) is 0 Å². The average Bonchev–Trinajstić information content (AvgIpc) is 2.55. The Bertz CT molecular complexity index is 735. The lowest BCUT2D eigenvalue weighted by Gasteiger charge is -2.14. The minimum Gasteiger partial charge on any atom is -0.349 e. The van der Waals surface area contributed by atoms with Crippen LogP contribution >= 0.6 is 0 Å². The van der Waals surface area contributed by atoms with Gasteiger partial charge < -0.3 is 10.6 Å². The van der Waals surface area contributed by atoms with Gasteiger partial charge in [0.15, 0.2) is 0 Å². The lowest BCUT2D eigenvalue weighted by Crippen LogP contribution is -2.35. The van der Waals surface area contributed by atoms with E-state index in [9.17, 15) is 9.59 Å². The zero-order valence-corrected chi connectivity index (χ0v) is 12.7. The fourth-order valence-corrected chi connectivity index (χ4v) is 2.10. The Morgan fingerprint density at radius 1 is 1.13 bits per heavy atom. The maximum Gasteiger partial charge on any atom is 0.251 e. The summed E-state index contributed by atoms with van der Waals surface area (Å²) in [7, 11) is 0. The van der Waals surface area contributed by atoms with Gasteiger partial charge in [-0.25, -0.2) is 0 Å². The van der Waals surface area contributed by atoms with Crippen molar-refractivity contribution >= 4 is 17.5 Å². The van der Waals surface area contributed by atoms with Crippen molar-refractivity contribution in [3.8, 4) is 6.07 Å². The summed E-state index contributed by atoms with van der Waals surface area (Å²) in [5, 5.41) is 14.3. The fourth-order valence-electron chi connectivity index (χ4n) is 2.10. The summed E-state index contributed by atoms with van der Waals surface area (Å²) in [6, 6.07) is 17.2. The molecule has 5 heteroatoms. The highest BCUT2D eigenvalue weighted by atomic mass is 16.2. The molecule has 0 saturated carbocycles. The van der Waals surface area contributed by atoms with Crippen molar-refractivity contribution in [2.45, 2.75) is 19.4 Å². The molecule has 0 bridgehead atoms. The predicted octanol–water partition coefficient (Wildman–Crippen LogP) is 2.71. The third kappa shape index (κ3) is 4.97. The monoisotopic (exact) mass is 307 g/mol. The summed E-state index contributed by atoms with van der Waals surface area (Å²) in [5.41, 5.74) is 1.60. The molecule has 0 unspecified atom stereocenters. The van der Waals surface area contributed by atoms with Crippen molar-refractivity contribution in [3.05, 3.63) is 65.7 Å². The Balaban J connectivity index is 1.87. The molecule has 0 aliphatic carbocycles. The predicted molar refractivity (Wildman–Crippen MR) is 87.8 cm³/mol. The van der Waals surface area contributed by atoms with Crippen molar-refractivity contribution in [1.82, 2.24) is 5.32 Å². The molecule has 2 amide bonds. The molecular formula is C18H17N3O2. The Labute approximate surface area is 134 Å². The normalized spacial score (nSPS) is 11.1. The number of nitrogens with zero attached hydrogens (tertiary/aromatic N) is 1. The van der Waals surface area contributed by atoms with E-state index in [0.29, 0.717) is 16.8 Å². The highest BCUT2D eigenvalue weighted by Gasteiger charge is 2.13. The summed E-state index contributed by atoms with van der Waals surface area (Å²) in [6.07, 6.45) is 0.148. The van der Waals surface area contributed by atoms with Crippen LogP contribution in [0.3, 0.4) is 0 Å². The molecule has 0 aromatic heterocycles. The van der Waals surface area contributed by atoms with E-state index in [-0.39, 0.29) is 24.3 Å². The van der Waals surface area contributed by atoms with Crippen LogP contribution < -0.4 is 10.6 Å². The standard InChI is InChI=1S/C18H17N3O2/c1-13(20-18(23)15-7-3-2-4-8-15)10-17(22)21-16-9-5-6-14(11-16)12-19/h2-9,11,13H,10H2,1H3,(H,20,23)(H,21,22)/t13-/m1/s1. The molecule has 0 fully saturated rings. The van der Waals surface area contributed by atoms with Crippen LogP contribution in [0.2, 0.25) is 0 Å². The van der Waals surface area contributed by atoms with Gasteiger partial charge in [-0.1, -0.05) is 24.3 Å². The number of hydrogen-bond acceptors (Lipinski definition) is 3. The van der Waals surface area contributed by atoms with Gasteiger partial charge in [-0.05, 0) is 37.3 Å². The third-order valence-electron chi connectivity index (χ3n) is 3.18. The van der Waals surface area contributed by atoms with Gasteiger partial charge in [0.1, 0.15) is 0 Å². The number of nitriles is 1. The molecule has 0 radical (unpaired) electrons. The first-order valence-corrected chi connectivity index (χ1v) is 7.24. The van der Waals surface area contributed by atoms with Crippen LogP contribution in [0, 0.1) is 11.3 Å². The molecule has 1 atom stereocenters. The molecule has 0 heterocycles. The molecule has 0 saturated heterocycles. The van der Waals surface area contributed by atoms with Crippen molar-refractivity contribution in [3.63, 3.8) is 0 Å².